The number of rotatable bonds is 4. The SMILES string of the molecule is CCn1c([C@@H]2CCCN(Cc3cnn4c(C)cc(C)nc34)C2)nn(C)c1=O. The van der Waals surface area contributed by atoms with E-state index in [-0.39, 0.29) is 11.6 Å². The Labute approximate surface area is 158 Å². The molecule has 4 rings (SSSR count). The van der Waals surface area contributed by atoms with E-state index in [1.54, 1.807) is 11.6 Å². The van der Waals surface area contributed by atoms with Gasteiger partial charge >= 0.3 is 5.69 Å². The first-order valence-electron chi connectivity index (χ1n) is 9.65. The van der Waals surface area contributed by atoms with Crippen molar-refractivity contribution < 1.29 is 0 Å². The zero-order chi connectivity index (χ0) is 19.1. The highest BCUT2D eigenvalue weighted by atomic mass is 16.2. The minimum absolute atomic E-state index is 0.0256. The Morgan fingerprint density at radius 3 is 2.89 bits per heavy atom. The summed E-state index contributed by atoms with van der Waals surface area (Å²) < 4.78 is 5.17. The molecule has 1 atom stereocenters. The molecule has 0 saturated carbocycles. The third kappa shape index (κ3) is 3.18. The van der Waals surface area contributed by atoms with Crippen LogP contribution in [0.5, 0.6) is 0 Å². The largest absolute Gasteiger partial charge is 0.345 e. The predicted molar refractivity (Wildman–Crippen MR) is 103 cm³/mol. The molecular weight excluding hydrogens is 342 g/mol. The Balaban J connectivity index is 1.58. The number of nitrogens with zero attached hydrogens (tertiary/aromatic N) is 7. The summed E-state index contributed by atoms with van der Waals surface area (Å²) in [6.07, 6.45) is 4.10. The van der Waals surface area contributed by atoms with Crippen molar-refractivity contribution >= 4 is 5.65 Å². The molecule has 0 N–H and O–H groups in total. The molecule has 27 heavy (non-hydrogen) atoms. The van der Waals surface area contributed by atoms with E-state index >= 15 is 0 Å². The lowest BCUT2D eigenvalue weighted by Gasteiger charge is -2.31. The van der Waals surface area contributed by atoms with Crippen molar-refractivity contribution in [2.45, 2.75) is 52.6 Å². The van der Waals surface area contributed by atoms with Crippen molar-refractivity contribution in [3.05, 3.63) is 45.5 Å². The zero-order valence-electron chi connectivity index (χ0n) is 16.5. The van der Waals surface area contributed by atoms with Gasteiger partial charge in [-0.15, -0.1) is 0 Å². The lowest BCUT2D eigenvalue weighted by atomic mass is 9.97. The highest BCUT2D eigenvalue weighted by molar-refractivity contribution is 5.47. The molecule has 3 aromatic heterocycles. The Hall–Kier alpha value is -2.48. The van der Waals surface area contributed by atoms with Crippen molar-refractivity contribution in [2.75, 3.05) is 13.1 Å². The monoisotopic (exact) mass is 369 g/mol. The van der Waals surface area contributed by atoms with Gasteiger partial charge in [0.1, 0.15) is 5.82 Å². The number of likely N-dealkylation sites (tertiary alicyclic amines) is 1. The number of aryl methyl sites for hydroxylation is 3. The number of aromatic nitrogens is 6. The third-order valence-electron chi connectivity index (χ3n) is 5.47. The van der Waals surface area contributed by atoms with Gasteiger partial charge in [0.05, 0.1) is 6.20 Å². The normalized spacial score (nSPS) is 18.4. The molecule has 8 nitrogen and oxygen atoms in total. The highest BCUT2D eigenvalue weighted by Gasteiger charge is 2.27. The Morgan fingerprint density at radius 1 is 1.30 bits per heavy atom. The second-order valence-corrected chi connectivity index (χ2v) is 7.53. The maximum absolute atomic E-state index is 12.2. The van der Waals surface area contributed by atoms with Crippen LogP contribution in [0.4, 0.5) is 0 Å². The van der Waals surface area contributed by atoms with Crippen LogP contribution in [0.1, 0.15) is 48.5 Å². The van der Waals surface area contributed by atoms with Gasteiger partial charge in [0, 0.05) is 49.6 Å². The summed E-state index contributed by atoms with van der Waals surface area (Å²) in [5.74, 6) is 1.20. The van der Waals surface area contributed by atoms with E-state index in [0.717, 1.165) is 60.9 Å². The van der Waals surface area contributed by atoms with Crippen molar-refractivity contribution in [2.24, 2.45) is 7.05 Å². The molecule has 1 fully saturated rings. The first kappa shape index (κ1) is 17.9. The first-order chi connectivity index (χ1) is 13.0. The minimum atomic E-state index is -0.0256. The fourth-order valence-electron chi connectivity index (χ4n) is 4.20. The molecule has 8 heteroatoms. The fraction of sp³-hybridized carbons (Fsp3) is 0.579. The van der Waals surface area contributed by atoms with Crippen LogP contribution >= 0.6 is 0 Å². The number of hydrogen-bond donors (Lipinski definition) is 0. The van der Waals surface area contributed by atoms with Crippen LogP contribution in [0.25, 0.3) is 5.65 Å². The number of hydrogen-bond acceptors (Lipinski definition) is 5. The van der Waals surface area contributed by atoms with Gasteiger partial charge in [-0.25, -0.2) is 19.0 Å². The zero-order valence-corrected chi connectivity index (χ0v) is 16.5. The molecule has 1 aliphatic heterocycles. The molecule has 1 saturated heterocycles. The van der Waals surface area contributed by atoms with Crippen LogP contribution in [0.2, 0.25) is 0 Å². The fourth-order valence-corrected chi connectivity index (χ4v) is 4.20. The molecule has 0 spiro atoms. The summed E-state index contributed by atoms with van der Waals surface area (Å²) in [7, 11) is 1.73. The second-order valence-electron chi connectivity index (χ2n) is 7.53. The standard InChI is InChI=1S/C19H27N7O/c1-5-25-18(22-23(4)19(25)27)15-7-6-8-24(11-15)12-16-10-20-26-14(3)9-13(2)21-17(16)26/h9-10,15H,5-8,11-12H2,1-4H3/t15-/m1/s1. The molecule has 0 aliphatic carbocycles. The van der Waals surface area contributed by atoms with Gasteiger partial charge in [0.2, 0.25) is 0 Å². The smallest absolute Gasteiger partial charge is 0.298 e. The maximum Gasteiger partial charge on any atom is 0.345 e. The van der Waals surface area contributed by atoms with E-state index in [1.165, 1.54) is 4.68 Å². The van der Waals surface area contributed by atoms with Crippen LogP contribution in [-0.2, 0) is 20.1 Å². The summed E-state index contributed by atoms with van der Waals surface area (Å²) in [4.78, 5) is 19.4. The second kappa shape index (κ2) is 6.92. The lowest BCUT2D eigenvalue weighted by Crippen LogP contribution is -2.35. The minimum Gasteiger partial charge on any atom is -0.298 e. The average molecular weight is 369 g/mol. The summed E-state index contributed by atoms with van der Waals surface area (Å²) in [6, 6.07) is 2.05. The molecule has 0 bridgehead atoms. The lowest BCUT2D eigenvalue weighted by molar-refractivity contribution is 0.195. The van der Waals surface area contributed by atoms with Crippen LogP contribution in [-0.4, -0.2) is 46.9 Å². The van der Waals surface area contributed by atoms with E-state index < -0.39 is 0 Å². The molecular formula is C19H27N7O. The number of fused-ring (bicyclic) bond motifs is 1. The Bertz CT molecular complexity index is 1030. The van der Waals surface area contributed by atoms with Gasteiger partial charge in [0.25, 0.3) is 0 Å². The Morgan fingerprint density at radius 2 is 2.11 bits per heavy atom. The predicted octanol–water partition coefficient (Wildman–Crippen LogP) is 1.64. The first-order valence-corrected chi connectivity index (χ1v) is 9.65. The summed E-state index contributed by atoms with van der Waals surface area (Å²) in [6.45, 7) is 9.50. The average Bonchev–Trinajstić information content (AvgIpc) is 3.17. The topological polar surface area (TPSA) is 73.2 Å². The molecule has 0 unspecified atom stereocenters. The molecule has 144 valence electrons. The summed E-state index contributed by atoms with van der Waals surface area (Å²) in [5.41, 5.74) is 4.18. The quantitative estimate of drug-likeness (QED) is 0.699. The van der Waals surface area contributed by atoms with Crippen LogP contribution in [0, 0.1) is 13.8 Å². The molecule has 0 aromatic carbocycles. The highest BCUT2D eigenvalue weighted by Crippen LogP contribution is 2.26. The van der Waals surface area contributed by atoms with Crippen molar-refractivity contribution in [3.8, 4) is 0 Å². The van der Waals surface area contributed by atoms with Crippen LogP contribution in [0.15, 0.2) is 17.1 Å². The molecule has 1 aliphatic rings. The van der Waals surface area contributed by atoms with Gasteiger partial charge in [-0.3, -0.25) is 9.47 Å². The van der Waals surface area contributed by atoms with Gasteiger partial charge in [-0.2, -0.15) is 10.2 Å². The van der Waals surface area contributed by atoms with Crippen LogP contribution < -0.4 is 5.69 Å². The van der Waals surface area contributed by atoms with Crippen molar-refractivity contribution in [3.63, 3.8) is 0 Å². The van der Waals surface area contributed by atoms with E-state index in [1.807, 2.05) is 30.6 Å². The summed E-state index contributed by atoms with van der Waals surface area (Å²) in [5, 5.41) is 9.03. The Kier molecular flexibility index (Phi) is 4.59. The third-order valence-corrected chi connectivity index (χ3v) is 5.47. The van der Waals surface area contributed by atoms with E-state index in [2.05, 4.69) is 22.0 Å². The molecule has 4 heterocycles. The summed E-state index contributed by atoms with van der Waals surface area (Å²) >= 11 is 0. The van der Waals surface area contributed by atoms with Gasteiger partial charge in [-0.05, 0) is 46.2 Å². The van der Waals surface area contributed by atoms with Gasteiger partial charge in [0.15, 0.2) is 5.65 Å². The molecule has 0 radical (unpaired) electrons. The van der Waals surface area contributed by atoms with Crippen molar-refractivity contribution in [1.82, 2.24) is 33.8 Å². The number of piperidine rings is 1. The van der Waals surface area contributed by atoms with E-state index in [9.17, 15) is 4.79 Å². The van der Waals surface area contributed by atoms with Gasteiger partial charge in [-0.1, -0.05) is 0 Å². The van der Waals surface area contributed by atoms with Gasteiger partial charge < -0.3 is 0 Å². The van der Waals surface area contributed by atoms with Crippen molar-refractivity contribution in [1.29, 1.82) is 0 Å². The van der Waals surface area contributed by atoms with E-state index in [4.69, 9.17) is 4.98 Å². The maximum atomic E-state index is 12.2. The van der Waals surface area contributed by atoms with Crippen LogP contribution in [0.3, 0.4) is 0 Å². The van der Waals surface area contributed by atoms with E-state index in [0.29, 0.717) is 6.54 Å². The molecule has 0 amide bonds. The molecule has 3 aromatic rings.